The van der Waals surface area contributed by atoms with E-state index in [1.807, 2.05) is 0 Å². The fraction of sp³-hybridized carbons (Fsp3) is 0. The van der Waals surface area contributed by atoms with Crippen LogP contribution in [-0.2, 0) is 0 Å². The van der Waals surface area contributed by atoms with Gasteiger partial charge in [-0.1, -0.05) is 170 Å². The summed E-state index contributed by atoms with van der Waals surface area (Å²) in [5.41, 5.74) is 14.7. The molecule has 2 aliphatic heterocycles. The Morgan fingerprint density at radius 1 is 0.241 bits per heavy atom. The first-order valence-corrected chi connectivity index (χ1v) is 18.5. The number of benzene rings is 10. The van der Waals surface area contributed by atoms with Crippen LogP contribution in [0, 0.1) is 0 Å². The van der Waals surface area contributed by atoms with E-state index >= 15 is 0 Å². The minimum atomic E-state index is 0.865. The molecule has 0 atom stereocenters. The van der Waals surface area contributed by atoms with Gasteiger partial charge in [0, 0.05) is 54.6 Å². The molecule has 2 aliphatic rings. The smallest absolute Gasteiger partial charge is 0.144 e. The summed E-state index contributed by atoms with van der Waals surface area (Å²) in [5, 5.41) is 8.97. The van der Waals surface area contributed by atoms with Gasteiger partial charge in [-0.3, -0.25) is 0 Å². The quantitative estimate of drug-likeness (QED) is 0.136. The summed E-state index contributed by atoms with van der Waals surface area (Å²) in [7, 11) is 0. The first-order valence-electron chi connectivity index (χ1n) is 18.5. The van der Waals surface area contributed by atoms with Gasteiger partial charge in [-0.15, -0.1) is 0 Å². The van der Waals surface area contributed by atoms with Gasteiger partial charge in [-0.05, 0) is 56.3 Å². The normalized spacial score (nSPS) is 12.1. The molecule has 0 saturated carbocycles. The molecule has 10 aromatic carbocycles. The van der Waals surface area contributed by atoms with E-state index in [0.29, 0.717) is 0 Å². The molecule has 0 aromatic heterocycles. The topological polar surface area (TPSA) is 26.3 Å². The molecule has 54 heavy (non-hydrogen) atoms. The number of fused-ring (bicyclic) bond motifs is 6. The lowest BCUT2D eigenvalue weighted by atomic mass is 9.80. The van der Waals surface area contributed by atoms with E-state index in [0.717, 1.165) is 99.2 Å². The van der Waals surface area contributed by atoms with Crippen molar-refractivity contribution in [1.29, 1.82) is 0 Å². The van der Waals surface area contributed by atoms with E-state index in [2.05, 4.69) is 182 Å². The fourth-order valence-electron chi connectivity index (χ4n) is 9.12. The van der Waals surface area contributed by atoms with E-state index in [1.54, 1.807) is 0 Å². The molecule has 0 fully saturated rings. The fourth-order valence-corrected chi connectivity index (χ4v) is 9.12. The van der Waals surface area contributed by atoms with Crippen molar-refractivity contribution in [3.63, 3.8) is 0 Å². The van der Waals surface area contributed by atoms with Crippen LogP contribution in [-0.4, -0.2) is 0 Å². The van der Waals surface area contributed by atoms with Crippen LogP contribution in [0.1, 0.15) is 0 Å². The van der Waals surface area contributed by atoms with Crippen LogP contribution in [0.2, 0.25) is 0 Å². The summed E-state index contributed by atoms with van der Waals surface area (Å²) in [6.07, 6.45) is 0. The lowest BCUT2D eigenvalue weighted by Gasteiger charge is -2.27. The van der Waals surface area contributed by atoms with Gasteiger partial charge in [-0.2, -0.15) is 0 Å². The van der Waals surface area contributed by atoms with Gasteiger partial charge in [0.15, 0.2) is 0 Å². The zero-order chi connectivity index (χ0) is 35.3. The molecule has 10 aromatic rings. The van der Waals surface area contributed by atoms with Crippen molar-refractivity contribution in [2.75, 3.05) is 0 Å². The average molecular weight is 687 g/mol. The van der Waals surface area contributed by atoms with Crippen molar-refractivity contribution in [3.8, 4) is 55.6 Å². The van der Waals surface area contributed by atoms with Gasteiger partial charge in [0.2, 0.25) is 0 Å². The van der Waals surface area contributed by atoms with Gasteiger partial charge in [0.1, 0.15) is 22.3 Å². The first-order chi connectivity index (χ1) is 26.8. The number of hydrogen-bond donors (Lipinski definition) is 0. The van der Waals surface area contributed by atoms with Crippen molar-refractivity contribution in [2.24, 2.45) is 0 Å². The van der Waals surface area contributed by atoms with Crippen molar-refractivity contribution in [1.82, 2.24) is 0 Å². The second kappa shape index (κ2) is 11.2. The van der Waals surface area contributed by atoms with Crippen LogP contribution in [0.15, 0.2) is 191 Å². The van der Waals surface area contributed by atoms with Crippen LogP contribution in [0.3, 0.4) is 0 Å². The summed E-state index contributed by atoms with van der Waals surface area (Å²) < 4.78 is 15.0. The van der Waals surface area contributed by atoms with Gasteiger partial charge in [0.25, 0.3) is 0 Å². The van der Waals surface area contributed by atoms with Crippen LogP contribution in [0.4, 0.5) is 0 Å². The van der Waals surface area contributed by atoms with Crippen LogP contribution >= 0.6 is 0 Å². The predicted octanol–water partition coefficient (Wildman–Crippen LogP) is 15.0. The standard InChI is InChI=1S/C52H30O2/c1-5-17-31(18-6-1)39-29-41(33-21-9-3-10-22-33)51-45-43(39)35-25-13-15-27-37(35)49-47(45)48-46-44(36-26-14-16-28-38(36)50(48)53-51)40(32-19-7-2-8-20-32)30-42(52(46)54-49)34-23-11-4-12-24-34/h1-30H. The summed E-state index contributed by atoms with van der Waals surface area (Å²) in [6, 6.07) is 65.0. The molecule has 0 spiro atoms. The van der Waals surface area contributed by atoms with Crippen molar-refractivity contribution >= 4 is 65.4 Å². The van der Waals surface area contributed by atoms with Crippen LogP contribution in [0.25, 0.3) is 121 Å². The summed E-state index contributed by atoms with van der Waals surface area (Å²) in [5.74, 6) is 0. The molecule has 0 unspecified atom stereocenters. The molecule has 0 aliphatic carbocycles. The van der Waals surface area contributed by atoms with E-state index in [4.69, 9.17) is 8.83 Å². The molecule has 0 radical (unpaired) electrons. The van der Waals surface area contributed by atoms with Crippen LogP contribution < -0.4 is 0 Å². The summed E-state index contributed by atoms with van der Waals surface area (Å²) in [4.78, 5) is 0. The Labute approximate surface area is 310 Å². The lowest BCUT2D eigenvalue weighted by molar-refractivity contribution is 0.652. The molecule has 12 rings (SSSR count). The zero-order valence-electron chi connectivity index (χ0n) is 29.1. The predicted molar refractivity (Wildman–Crippen MR) is 226 cm³/mol. The van der Waals surface area contributed by atoms with Crippen LogP contribution in [0.5, 0.6) is 0 Å². The Balaban J connectivity index is 1.42. The van der Waals surface area contributed by atoms with E-state index in [1.165, 1.54) is 21.9 Å². The monoisotopic (exact) mass is 686 g/mol. The molecule has 250 valence electrons. The Bertz CT molecular complexity index is 3110. The molecule has 2 heterocycles. The molecule has 2 heteroatoms. The highest BCUT2D eigenvalue weighted by Crippen LogP contribution is 2.58. The highest BCUT2D eigenvalue weighted by molar-refractivity contribution is 6.39. The molecule has 0 saturated heterocycles. The number of rotatable bonds is 4. The first kappa shape index (κ1) is 29.4. The van der Waals surface area contributed by atoms with E-state index in [9.17, 15) is 0 Å². The molecule has 0 N–H and O–H groups in total. The molecule has 0 amide bonds. The average Bonchev–Trinajstić information content (AvgIpc) is 3.25. The maximum absolute atomic E-state index is 7.51. The Morgan fingerprint density at radius 3 is 0.889 bits per heavy atom. The molecule has 0 bridgehead atoms. The van der Waals surface area contributed by atoms with Crippen molar-refractivity contribution in [3.05, 3.63) is 182 Å². The molecular weight excluding hydrogens is 657 g/mol. The van der Waals surface area contributed by atoms with Gasteiger partial charge in [-0.25, -0.2) is 0 Å². The Kier molecular flexibility index (Phi) is 6.09. The maximum Gasteiger partial charge on any atom is 0.144 e. The van der Waals surface area contributed by atoms with E-state index < -0.39 is 0 Å². The SMILES string of the molecule is c1ccc(-c2cc(-c3ccccc3)c3c4ccccc4c4oc5c(-c6ccccc6)cc(-c6ccccc6)c6c7ccccc7c7oc2c3c4-c7c56)cc1. The van der Waals surface area contributed by atoms with Crippen molar-refractivity contribution in [2.45, 2.75) is 0 Å². The number of hydrogen-bond acceptors (Lipinski definition) is 2. The summed E-state index contributed by atoms with van der Waals surface area (Å²) in [6.45, 7) is 0. The van der Waals surface area contributed by atoms with Gasteiger partial charge < -0.3 is 8.83 Å². The van der Waals surface area contributed by atoms with Gasteiger partial charge in [0.05, 0.1) is 0 Å². The minimum absolute atomic E-state index is 0.865. The Hall–Kier alpha value is -7.16. The minimum Gasteiger partial charge on any atom is -0.455 e. The molecular formula is C52H30O2. The second-order valence-corrected chi connectivity index (χ2v) is 14.3. The zero-order valence-corrected chi connectivity index (χ0v) is 29.1. The summed E-state index contributed by atoms with van der Waals surface area (Å²) >= 11 is 0. The third-order valence-electron chi connectivity index (χ3n) is 11.4. The Morgan fingerprint density at radius 2 is 0.537 bits per heavy atom. The maximum atomic E-state index is 7.51. The van der Waals surface area contributed by atoms with Crippen molar-refractivity contribution < 1.29 is 8.83 Å². The largest absolute Gasteiger partial charge is 0.455 e. The van der Waals surface area contributed by atoms with E-state index in [-0.39, 0.29) is 0 Å². The highest BCUT2D eigenvalue weighted by Gasteiger charge is 2.33. The molecule has 2 nitrogen and oxygen atoms in total. The third-order valence-corrected chi connectivity index (χ3v) is 11.4. The van der Waals surface area contributed by atoms with Gasteiger partial charge >= 0.3 is 0 Å². The third kappa shape index (κ3) is 4.00. The second-order valence-electron chi connectivity index (χ2n) is 14.3. The highest BCUT2D eigenvalue weighted by atomic mass is 16.3. The lowest BCUT2D eigenvalue weighted by Crippen LogP contribution is -2.01.